The minimum absolute atomic E-state index is 0.692. The molecule has 0 spiro atoms. The second-order valence-electron chi connectivity index (χ2n) is 4.58. The third-order valence-corrected chi connectivity index (χ3v) is 3.17. The summed E-state index contributed by atoms with van der Waals surface area (Å²) in [5, 5.41) is 6.47. The first-order valence-corrected chi connectivity index (χ1v) is 6.88. The normalized spacial score (nSPS) is 14.8. The van der Waals surface area contributed by atoms with Gasteiger partial charge in [-0.1, -0.05) is 6.92 Å². The Balaban J connectivity index is 1.76. The molecule has 0 atom stereocenters. The average Bonchev–Trinajstić information content (AvgIpc) is 3.20. The van der Waals surface area contributed by atoms with Gasteiger partial charge in [0.1, 0.15) is 5.82 Å². The quantitative estimate of drug-likeness (QED) is 0.736. The molecule has 1 heterocycles. The second kappa shape index (κ2) is 6.54. The average molecular weight is 249 g/mol. The number of likely N-dealkylation sites (N-methyl/N-ethyl adjacent to an activating group) is 1. The van der Waals surface area contributed by atoms with Crippen LogP contribution in [0.5, 0.6) is 0 Å². The lowest BCUT2D eigenvalue weighted by atomic mass is 10.4. The van der Waals surface area contributed by atoms with E-state index in [4.69, 9.17) is 0 Å². The number of nitrogens with one attached hydrogen (secondary N) is 2. The number of anilines is 2. The van der Waals surface area contributed by atoms with Crippen LogP contribution in [-0.4, -0.2) is 47.1 Å². The van der Waals surface area contributed by atoms with E-state index in [1.807, 2.05) is 13.0 Å². The molecule has 1 aliphatic carbocycles. The van der Waals surface area contributed by atoms with Crippen molar-refractivity contribution < 1.29 is 0 Å². The van der Waals surface area contributed by atoms with Crippen LogP contribution in [0.1, 0.15) is 26.7 Å². The molecule has 0 aromatic carbocycles. The van der Waals surface area contributed by atoms with Gasteiger partial charge in [0.05, 0.1) is 0 Å². The van der Waals surface area contributed by atoms with Gasteiger partial charge in [0, 0.05) is 31.9 Å². The van der Waals surface area contributed by atoms with E-state index in [0.29, 0.717) is 5.95 Å². The maximum absolute atomic E-state index is 4.39. The maximum atomic E-state index is 4.39. The molecule has 0 saturated heterocycles. The molecule has 1 aromatic heterocycles. The van der Waals surface area contributed by atoms with Gasteiger partial charge in [0.25, 0.3) is 0 Å². The molecule has 5 heteroatoms. The van der Waals surface area contributed by atoms with E-state index in [1.54, 1.807) is 6.20 Å². The molecular formula is C13H23N5. The monoisotopic (exact) mass is 249 g/mol. The van der Waals surface area contributed by atoms with E-state index in [2.05, 4.69) is 32.4 Å². The highest BCUT2D eigenvalue weighted by atomic mass is 15.2. The predicted molar refractivity (Wildman–Crippen MR) is 75.0 cm³/mol. The fraction of sp³-hybridized carbons (Fsp3) is 0.692. The van der Waals surface area contributed by atoms with Gasteiger partial charge < -0.3 is 10.6 Å². The summed E-state index contributed by atoms with van der Waals surface area (Å²) in [6.45, 7) is 8.27. The Labute approximate surface area is 109 Å². The molecule has 1 saturated carbocycles. The van der Waals surface area contributed by atoms with E-state index >= 15 is 0 Å². The topological polar surface area (TPSA) is 53.1 Å². The Morgan fingerprint density at radius 1 is 1.33 bits per heavy atom. The Morgan fingerprint density at radius 3 is 2.83 bits per heavy atom. The molecular weight excluding hydrogens is 226 g/mol. The fourth-order valence-corrected chi connectivity index (χ4v) is 2.07. The van der Waals surface area contributed by atoms with E-state index in [1.165, 1.54) is 12.8 Å². The first-order valence-electron chi connectivity index (χ1n) is 6.88. The number of rotatable bonds is 8. The smallest absolute Gasteiger partial charge is 0.224 e. The standard InChI is InChI=1S/C13H23N5/c1-3-14-13-16-8-7-12(17-13)15-9-10-18(4-2)11-5-6-11/h7-8,11H,3-6,9-10H2,1-2H3,(H2,14,15,16,17). The van der Waals surface area contributed by atoms with Crippen molar-refractivity contribution in [3.05, 3.63) is 12.3 Å². The zero-order chi connectivity index (χ0) is 12.8. The summed E-state index contributed by atoms with van der Waals surface area (Å²) < 4.78 is 0. The van der Waals surface area contributed by atoms with Gasteiger partial charge in [-0.15, -0.1) is 0 Å². The summed E-state index contributed by atoms with van der Waals surface area (Å²) in [7, 11) is 0. The molecule has 2 rings (SSSR count). The highest BCUT2D eigenvalue weighted by Gasteiger charge is 2.27. The maximum Gasteiger partial charge on any atom is 0.224 e. The van der Waals surface area contributed by atoms with Crippen LogP contribution >= 0.6 is 0 Å². The summed E-state index contributed by atoms with van der Waals surface area (Å²) >= 11 is 0. The second-order valence-corrected chi connectivity index (χ2v) is 4.58. The Morgan fingerprint density at radius 2 is 2.17 bits per heavy atom. The first-order chi connectivity index (χ1) is 8.83. The first kappa shape index (κ1) is 13.1. The van der Waals surface area contributed by atoms with Gasteiger partial charge in [-0.3, -0.25) is 4.90 Å². The van der Waals surface area contributed by atoms with Crippen LogP contribution in [0.4, 0.5) is 11.8 Å². The van der Waals surface area contributed by atoms with Gasteiger partial charge >= 0.3 is 0 Å². The minimum atomic E-state index is 0.692. The van der Waals surface area contributed by atoms with Crippen LogP contribution < -0.4 is 10.6 Å². The van der Waals surface area contributed by atoms with Crippen molar-refractivity contribution in [2.75, 3.05) is 36.8 Å². The Hall–Kier alpha value is -1.36. The van der Waals surface area contributed by atoms with Gasteiger partial charge in [-0.25, -0.2) is 4.98 Å². The van der Waals surface area contributed by atoms with Crippen molar-refractivity contribution >= 4 is 11.8 Å². The van der Waals surface area contributed by atoms with E-state index < -0.39 is 0 Å². The van der Waals surface area contributed by atoms with E-state index in [9.17, 15) is 0 Å². The van der Waals surface area contributed by atoms with Gasteiger partial charge in [0.15, 0.2) is 0 Å². The van der Waals surface area contributed by atoms with Crippen molar-refractivity contribution in [1.29, 1.82) is 0 Å². The summed E-state index contributed by atoms with van der Waals surface area (Å²) in [5.74, 6) is 1.59. The van der Waals surface area contributed by atoms with Crippen molar-refractivity contribution in [1.82, 2.24) is 14.9 Å². The molecule has 0 amide bonds. The molecule has 0 aliphatic heterocycles. The van der Waals surface area contributed by atoms with E-state index in [-0.39, 0.29) is 0 Å². The Bertz CT molecular complexity index is 364. The lowest BCUT2D eigenvalue weighted by Crippen LogP contribution is -2.31. The molecule has 0 radical (unpaired) electrons. The van der Waals surface area contributed by atoms with Crippen LogP contribution in [-0.2, 0) is 0 Å². The molecule has 1 fully saturated rings. The number of nitrogens with zero attached hydrogens (tertiary/aromatic N) is 3. The van der Waals surface area contributed by atoms with Crippen molar-refractivity contribution in [3.8, 4) is 0 Å². The lowest BCUT2D eigenvalue weighted by molar-refractivity contribution is 0.289. The predicted octanol–water partition coefficient (Wildman–Crippen LogP) is 1.80. The van der Waals surface area contributed by atoms with Crippen molar-refractivity contribution in [3.63, 3.8) is 0 Å². The largest absolute Gasteiger partial charge is 0.369 e. The van der Waals surface area contributed by atoms with Crippen LogP contribution in [0.2, 0.25) is 0 Å². The molecule has 0 bridgehead atoms. The Kier molecular flexibility index (Phi) is 4.75. The molecule has 0 unspecified atom stereocenters. The SMILES string of the molecule is CCNc1nccc(NCCN(CC)C2CC2)n1. The number of hydrogen-bond acceptors (Lipinski definition) is 5. The summed E-state index contributed by atoms with van der Waals surface area (Å²) in [6, 6.07) is 2.74. The molecule has 100 valence electrons. The van der Waals surface area contributed by atoms with Crippen LogP contribution in [0.15, 0.2) is 12.3 Å². The van der Waals surface area contributed by atoms with Crippen molar-refractivity contribution in [2.24, 2.45) is 0 Å². The molecule has 1 aliphatic rings. The van der Waals surface area contributed by atoms with E-state index in [0.717, 1.165) is 38.0 Å². The molecule has 5 nitrogen and oxygen atoms in total. The highest BCUT2D eigenvalue weighted by Crippen LogP contribution is 2.25. The van der Waals surface area contributed by atoms with Gasteiger partial charge in [-0.2, -0.15) is 4.98 Å². The van der Waals surface area contributed by atoms with Crippen LogP contribution in [0.25, 0.3) is 0 Å². The molecule has 18 heavy (non-hydrogen) atoms. The van der Waals surface area contributed by atoms with Gasteiger partial charge in [-0.05, 0) is 32.4 Å². The zero-order valence-corrected chi connectivity index (χ0v) is 11.3. The third-order valence-electron chi connectivity index (χ3n) is 3.17. The van der Waals surface area contributed by atoms with Crippen LogP contribution in [0, 0.1) is 0 Å². The molecule has 2 N–H and O–H groups in total. The van der Waals surface area contributed by atoms with Crippen molar-refractivity contribution in [2.45, 2.75) is 32.7 Å². The van der Waals surface area contributed by atoms with Crippen LogP contribution in [0.3, 0.4) is 0 Å². The third kappa shape index (κ3) is 3.84. The minimum Gasteiger partial charge on any atom is -0.369 e. The number of hydrogen-bond donors (Lipinski definition) is 2. The molecule has 1 aromatic rings. The highest BCUT2D eigenvalue weighted by molar-refractivity contribution is 5.39. The summed E-state index contributed by atoms with van der Waals surface area (Å²) in [4.78, 5) is 11.1. The summed E-state index contributed by atoms with van der Waals surface area (Å²) in [5.41, 5.74) is 0. The summed E-state index contributed by atoms with van der Waals surface area (Å²) in [6.07, 6.45) is 4.52. The zero-order valence-electron chi connectivity index (χ0n) is 11.3. The lowest BCUT2D eigenvalue weighted by Gasteiger charge is -2.19. The fourth-order valence-electron chi connectivity index (χ4n) is 2.07. The number of aromatic nitrogens is 2. The van der Waals surface area contributed by atoms with Gasteiger partial charge in [0.2, 0.25) is 5.95 Å².